The van der Waals surface area contributed by atoms with Crippen molar-refractivity contribution < 1.29 is 14.3 Å². The minimum atomic E-state index is -1.45. The fraction of sp³-hybridized carbons (Fsp3) is 0.0833. The van der Waals surface area contributed by atoms with Crippen LogP contribution in [0.15, 0.2) is 33.5 Å². The van der Waals surface area contributed by atoms with Crippen LogP contribution in [0.2, 0.25) is 0 Å². The Bertz CT molecular complexity index is 727. The second-order valence-corrected chi connectivity index (χ2v) is 4.73. The Labute approximate surface area is 115 Å². The Morgan fingerprint density at radius 3 is 2.68 bits per heavy atom. The molecule has 0 saturated heterocycles. The highest BCUT2D eigenvalue weighted by atomic mass is 79.9. The van der Waals surface area contributed by atoms with E-state index < -0.39 is 22.9 Å². The van der Waals surface area contributed by atoms with Crippen LogP contribution in [0.1, 0.15) is 16.2 Å². The van der Waals surface area contributed by atoms with Crippen molar-refractivity contribution in [2.75, 3.05) is 0 Å². The number of halogens is 2. The minimum Gasteiger partial charge on any atom is -0.476 e. The Morgan fingerprint density at radius 1 is 1.42 bits per heavy atom. The SMILES string of the molecule is Cc1cc(=O)c(C(=O)O)nn1-c1ccc(Br)cc1F. The minimum absolute atomic E-state index is 0.0724. The van der Waals surface area contributed by atoms with Gasteiger partial charge >= 0.3 is 5.97 Å². The van der Waals surface area contributed by atoms with Gasteiger partial charge in [0.25, 0.3) is 0 Å². The van der Waals surface area contributed by atoms with E-state index >= 15 is 0 Å². The number of carbonyl (C=O) groups is 1. The van der Waals surface area contributed by atoms with E-state index in [0.717, 1.165) is 10.7 Å². The quantitative estimate of drug-likeness (QED) is 0.917. The number of hydrogen-bond donors (Lipinski definition) is 1. The summed E-state index contributed by atoms with van der Waals surface area (Å²) in [6.45, 7) is 1.54. The van der Waals surface area contributed by atoms with Crippen LogP contribution in [0, 0.1) is 12.7 Å². The second kappa shape index (κ2) is 4.93. The van der Waals surface area contributed by atoms with Crippen molar-refractivity contribution in [3.63, 3.8) is 0 Å². The van der Waals surface area contributed by atoms with Crippen LogP contribution in [0.5, 0.6) is 0 Å². The first-order valence-corrected chi connectivity index (χ1v) is 5.99. The van der Waals surface area contributed by atoms with Gasteiger partial charge in [-0.3, -0.25) is 4.79 Å². The summed E-state index contributed by atoms with van der Waals surface area (Å²) < 4.78 is 15.5. The molecule has 0 spiro atoms. The fourth-order valence-electron chi connectivity index (χ4n) is 1.59. The number of hydrogen-bond acceptors (Lipinski definition) is 3. The molecule has 1 N–H and O–H groups in total. The molecule has 5 nitrogen and oxygen atoms in total. The molecule has 0 aliphatic rings. The Kier molecular flexibility index (Phi) is 3.48. The first kappa shape index (κ1) is 13.4. The van der Waals surface area contributed by atoms with Crippen molar-refractivity contribution in [3.8, 4) is 5.69 Å². The predicted molar refractivity (Wildman–Crippen MR) is 69.2 cm³/mol. The van der Waals surface area contributed by atoms with Crippen LogP contribution in [-0.2, 0) is 0 Å². The van der Waals surface area contributed by atoms with E-state index in [-0.39, 0.29) is 5.69 Å². The van der Waals surface area contributed by atoms with E-state index in [1.165, 1.54) is 12.1 Å². The Morgan fingerprint density at radius 2 is 2.11 bits per heavy atom. The number of carboxylic acids is 1. The topological polar surface area (TPSA) is 72.2 Å². The summed E-state index contributed by atoms with van der Waals surface area (Å²) in [5.74, 6) is -2.03. The molecule has 2 aromatic rings. The third-order valence-electron chi connectivity index (χ3n) is 2.45. The molecule has 0 unspecified atom stereocenters. The smallest absolute Gasteiger partial charge is 0.360 e. The number of aryl methyl sites for hydroxylation is 1. The van der Waals surface area contributed by atoms with Gasteiger partial charge < -0.3 is 5.11 Å². The summed E-state index contributed by atoms with van der Waals surface area (Å²) in [6, 6.07) is 5.38. The van der Waals surface area contributed by atoms with Crippen LogP contribution in [-0.4, -0.2) is 20.9 Å². The summed E-state index contributed by atoms with van der Waals surface area (Å²) in [4.78, 5) is 22.3. The van der Waals surface area contributed by atoms with E-state index in [1.807, 2.05) is 0 Å². The van der Waals surface area contributed by atoms with E-state index in [1.54, 1.807) is 13.0 Å². The van der Waals surface area contributed by atoms with Gasteiger partial charge in [-0.15, -0.1) is 0 Å². The van der Waals surface area contributed by atoms with Crippen molar-refractivity contribution >= 4 is 21.9 Å². The van der Waals surface area contributed by atoms with Gasteiger partial charge in [-0.2, -0.15) is 5.10 Å². The lowest BCUT2D eigenvalue weighted by atomic mass is 10.2. The van der Waals surface area contributed by atoms with Gasteiger partial charge in [0.2, 0.25) is 11.1 Å². The second-order valence-electron chi connectivity index (χ2n) is 3.81. The normalized spacial score (nSPS) is 10.5. The maximum atomic E-state index is 13.8. The zero-order valence-corrected chi connectivity index (χ0v) is 11.3. The highest BCUT2D eigenvalue weighted by Gasteiger charge is 2.15. The predicted octanol–water partition coefficient (Wildman–Crippen LogP) is 2.14. The summed E-state index contributed by atoms with van der Waals surface area (Å²) in [5.41, 5.74) is -0.939. The molecule has 0 bridgehead atoms. The van der Waals surface area contributed by atoms with Crippen molar-refractivity contribution in [2.24, 2.45) is 0 Å². The number of benzene rings is 1. The lowest BCUT2D eigenvalue weighted by Crippen LogP contribution is -2.22. The van der Waals surface area contributed by atoms with Gasteiger partial charge in [-0.25, -0.2) is 13.9 Å². The lowest BCUT2D eigenvalue weighted by Gasteiger charge is -2.10. The van der Waals surface area contributed by atoms with Crippen molar-refractivity contribution in [2.45, 2.75) is 6.92 Å². The van der Waals surface area contributed by atoms with Crippen molar-refractivity contribution in [1.29, 1.82) is 0 Å². The number of nitrogens with zero attached hydrogens (tertiary/aromatic N) is 2. The number of aromatic carboxylic acids is 1. The van der Waals surface area contributed by atoms with Crippen LogP contribution in [0.3, 0.4) is 0 Å². The average molecular weight is 327 g/mol. The Hall–Kier alpha value is -2.02. The zero-order chi connectivity index (χ0) is 14.2. The van der Waals surface area contributed by atoms with Crippen LogP contribution >= 0.6 is 15.9 Å². The van der Waals surface area contributed by atoms with Crippen molar-refractivity contribution in [1.82, 2.24) is 9.78 Å². The molecule has 0 aliphatic carbocycles. The molecule has 1 aromatic heterocycles. The van der Waals surface area contributed by atoms with Gasteiger partial charge in [0.1, 0.15) is 11.5 Å². The molecular formula is C12H8BrFN2O3. The van der Waals surface area contributed by atoms with Crippen LogP contribution in [0.25, 0.3) is 5.69 Å². The number of rotatable bonds is 2. The first-order valence-electron chi connectivity index (χ1n) is 5.20. The molecule has 1 aromatic carbocycles. The third-order valence-corrected chi connectivity index (χ3v) is 2.94. The number of aromatic nitrogens is 2. The van der Waals surface area contributed by atoms with Crippen molar-refractivity contribution in [3.05, 3.63) is 56.2 Å². The van der Waals surface area contributed by atoms with E-state index in [2.05, 4.69) is 21.0 Å². The summed E-state index contributed by atoms with van der Waals surface area (Å²) in [5, 5.41) is 12.5. The molecule has 19 heavy (non-hydrogen) atoms. The standard InChI is InChI=1S/C12H8BrFN2O3/c1-6-4-10(17)11(12(18)19)15-16(6)9-3-2-7(13)5-8(9)14/h2-5H,1H3,(H,18,19). The maximum absolute atomic E-state index is 13.8. The largest absolute Gasteiger partial charge is 0.476 e. The summed E-state index contributed by atoms with van der Waals surface area (Å²) >= 11 is 3.12. The maximum Gasteiger partial charge on any atom is 0.360 e. The third kappa shape index (κ3) is 2.55. The van der Waals surface area contributed by atoms with Gasteiger partial charge in [0.05, 0.1) is 0 Å². The van der Waals surface area contributed by atoms with E-state index in [9.17, 15) is 14.0 Å². The Balaban J connectivity index is 2.71. The first-order chi connectivity index (χ1) is 8.90. The summed E-state index contributed by atoms with van der Waals surface area (Å²) in [6.07, 6.45) is 0. The molecule has 98 valence electrons. The highest BCUT2D eigenvalue weighted by molar-refractivity contribution is 9.10. The molecule has 0 saturated carbocycles. The van der Waals surface area contributed by atoms with Gasteiger partial charge in [-0.1, -0.05) is 15.9 Å². The molecule has 0 amide bonds. The molecule has 7 heteroatoms. The average Bonchev–Trinajstić information content (AvgIpc) is 2.30. The molecule has 1 heterocycles. The zero-order valence-electron chi connectivity index (χ0n) is 9.72. The molecule has 0 aliphatic heterocycles. The molecular weight excluding hydrogens is 319 g/mol. The van der Waals surface area contributed by atoms with Gasteiger partial charge in [-0.05, 0) is 25.1 Å². The lowest BCUT2D eigenvalue weighted by molar-refractivity contribution is 0.0686. The number of carboxylic acid groups (broad SMARTS) is 1. The van der Waals surface area contributed by atoms with Gasteiger partial charge in [0.15, 0.2) is 0 Å². The fourth-order valence-corrected chi connectivity index (χ4v) is 1.93. The monoisotopic (exact) mass is 326 g/mol. The molecule has 0 radical (unpaired) electrons. The van der Waals surface area contributed by atoms with Gasteiger partial charge in [0, 0.05) is 16.2 Å². The molecule has 0 fully saturated rings. The van der Waals surface area contributed by atoms with E-state index in [4.69, 9.17) is 5.11 Å². The van der Waals surface area contributed by atoms with Crippen LogP contribution < -0.4 is 5.43 Å². The van der Waals surface area contributed by atoms with Crippen LogP contribution in [0.4, 0.5) is 4.39 Å². The molecule has 0 atom stereocenters. The summed E-state index contributed by atoms with van der Waals surface area (Å²) in [7, 11) is 0. The molecule has 2 rings (SSSR count). The highest BCUT2D eigenvalue weighted by Crippen LogP contribution is 2.18. The van der Waals surface area contributed by atoms with E-state index in [0.29, 0.717) is 10.2 Å².